The number of aryl methyl sites for hydroxylation is 2. The average molecular weight is 511 g/mol. The first-order chi connectivity index (χ1) is 17.5. The molecule has 0 radical (unpaired) electrons. The second-order valence-corrected chi connectivity index (χ2v) is 10.4. The van der Waals surface area contributed by atoms with Gasteiger partial charge in [0.05, 0.1) is 22.5 Å². The van der Waals surface area contributed by atoms with Gasteiger partial charge < -0.3 is 0 Å². The van der Waals surface area contributed by atoms with Crippen LogP contribution in [0.5, 0.6) is 0 Å². The lowest BCUT2D eigenvalue weighted by Gasteiger charge is -2.08. The van der Waals surface area contributed by atoms with Crippen LogP contribution in [0.25, 0.3) is 22.5 Å². The summed E-state index contributed by atoms with van der Waals surface area (Å²) >= 11 is 2.80. The fourth-order valence-corrected chi connectivity index (χ4v) is 5.50. The van der Waals surface area contributed by atoms with Gasteiger partial charge in [0.2, 0.25) is 0 Å². The van der Waals surface area contributed by atoms with E-state index in [1.807, 2.05) is 74.5 Å². The van der Waals surface area contributed by atoms with Crippen molar-refractivity contribution in [2.45, 2.75) is 13.8 Å². The lowest BCUT2D eigenvalue weighted by Crippen LogP contribution is -2.20. The third-order valence-corrected chi connectivity index (χ3v) is 7.32. The van der Waals surface area contributed by atoms with Gasteiger partial charge >= 0.3 is 0 Å². The molecule has 3 aromatic carbocycles. The first kappa shape index (κ1) is 23.6. The molecule has 5 aromatic rings. The molecule has 0 saturated carbocycles. The van der Waals surface area contributed by atoms with Crippen molar-refractivity contribution in [2.75, 3.05) is 10.6 Å². The lowest BCUT2D eigenvalue weighted by molar-refractivity contribution is 0.0990. The Bertz CT molecular complexity index is 1430. The average Bonchev–Trinajstić information content (AvgIpc) is 3.46. The van der Waals surface area contributed by atoms with Crippen molar-refractivity contribution < 1.29 is 9.59 Å². The molecule has 0 aliphatic heterocycles. The Morgan fingerprint density at radius 2 is 0.944 bits per heavy atom. The largest absolute Gasteiger partial charge is 0.298 e. The van der Waals surface area contributed by atoms with E-state index < -0.39 is 11.8 Å². The van der Waals surface area contributed by atoms with Gasteiger partial charge in [-0.1, -0.05) is 72.8 Å². The van der Waals surface area contributed by atoms with E-state index in [9.17, 15) is 9.59 Å². The van der Waals surface area contributed by atoms with E-state index in [0.29, 0.717) is 10.3 Å². The number of nitrogens with one attached hydrogen (secondary N) is 2. The molecule has 8 heteroatoms. The third-order valence-electron chi connectivity index (χ3n) is 5.54. The molecule has 0 spiro atoms. The first-order valence-electron chi connectivity index (χ1n) is 11.3. The predicted octanol–water partition coefficient (Wildman–Crippen LogP) is 7.06. The molecule has 5 rings (SSSR count). The summed E-state index contributed by atoms with van der Waals surface area (Å²) in [6, 6.07) is 26.4. The summed E-state index contributed by atoms with van der Waals surface area (Å²) in [6.45, 7) is 3.94. The molecule has 0 atom stereocenters. The first-order valence-corrected chi connectivity index (χ1v) is 12.9. The smallest absolute Gasteiger partial charge is 0.258 e. The Hall–Kier alpha value is -4.14. The van der Waals surface area contributed by atoms with Crippen molar-refractivity contribution in [1.82, 2.24) is 9.97 Å². The number of thiazole rings is 2. The molecule has 0 unspecified atom stereocenters. The van der Waals surface area contributed by atoms with Crippen LogP contribution in [0.2, 0.25) is 0 Å². The molecule has 2 N–H and O–H groups in total. The fourth-order valence-electron chi connectivity index (χ4n) is 3.84. The van der Waals surface area contributed by atoms with E-state index >= 15 is 0 Å². The monoisotopic (exact) mass is 510 g/mol. The Labute approximate surface area is 216 Å². The molecular weight excluding hydrogens is 488 g/mol. The number of carbonyl (C=O) groups is 2. The maximum absolute atomic E-state index is 13.2. The highest BCUT2D eigenvalue weighted by molar-refractivity contribution is 7.16. The van der Waals surface area contributed by atoms with Gasteiger partial charge in [-0.3, -0.25) is 20.2 Å². The second kappa shape index (κ2) is 10.2. The molecule has 0 fully saturated rings. The van der Waals surface area contributed by atoms with E-state index in [1.165, 1.54) is 22.7 Å². The topological polar surface area (TPSA) is 84.0 Å². The number of rotatable bonds is 6. The van der Waals surface area contributed by atoms with Crippen LogP contribution in [0.15, 0.2) is 84.9 Å². The van der Waals surface area contributed by atoms with Crippen LogP contribution in [-0.2, 0) is 0 Å². The Morgan fingerprint density at radius 3 is 1.33 bits per heavy atom. The summed E-state index contributed by atoms with van der Waals surface area (Å²) in [5, 5.41) is 6.68. The van der Waals surface area contributed by atoms with Gasteiger partial charge in [0.15, 0.2) is 10.3 Å². The molecule has 2 aromatic heterocycles. The van der Waals surface area contributed by atoms with Crippen molar-refractivity contribution >= 4 is 44.8 Å². The predicted molar refractivity (Wildman–Crippen MR) is 147 cm³/mol. The van der Waals surface area contributed by atoms with E-state index in [0.717, 1.165) is 32.3 Å². The number of benzene rings is 3. The van der Waals surface area contributed by atoms with E-state index in [1.54, 1.807) is 24.3 Å². The van der Waals surface area contributed by atoms with Gasteiger partial charge in [0.1, 0.15) is 0 Å². The van der Waals surface area contributed by atoms with Gasteiger partial charge in [-0.15, -0.1) is 22.7 Å². The molecule has 0 aliphatic rings. The Balaban J connectivity index is 1.35. The SMILES string of the molecule is Cc1sc(NC(=O)c2ccccc2C(=O)Nc2nc(-c3ccccc3)c(C)s2)nc1-c1ccccc1. The van der Waals surface area contributed by atoms with Crippen molar-refractivity contribution in [1.29, 1.82) is 0 Å². The van der Waals surface area contributed by atoms with Crippen molar-refractivity contribution in [2.24, 2.45) is 0 Å². The Kier molecular flexibility index (Phi) is 6.71. The van der Waals surface area contributed by atoms with Gasteiger partial charge in [-0.05, 0) is 26.0 Å². The fraction of sp³-hybridized carbons (Fsp3) is 0.0714. The normalized spacial score (nSPS) is 10.7. The van der Waals surface area contributed by atoms with Crippen LogP contribution in [0.3, 0.4) is 0 Å². The van der Waals surface area contributed by atoms with Crippen LogP contribution in [-0.4, -0.2) is 21.8 Å². The molecule has 2 amide bonds. The van der Waals surface area contributed by atoms with Crippen LogP contribution in [0.1, 0.15) is 30.5 Å². The quantitative estimate of drug-likeness (QED) is 0.256. The van der Waals surface area contributed by atoms with Crippen molar-refractivity contribution in [3.63, 3.8) is 0 Å². The standard InChI is InChI=1S/C28H22N4O2S2/c1-17-23(19-11-5-3-6-12-19)29-27(35-17)31-25(33)21-15-9-10-16-22(21)26(34)32-28-30-24(18(2)36-28)20-13-7-4-8-14-20/h3-16H,1-2H3,(H,29,31,33)(H,30,32,34). The van der Waals surface area contributed by atoms with E-state index in [2.05, 4.69) is 20.6 Å². The number of anilines is 2. The number of hydrogen-bond acceptors (Lipinski definition) is 6. The molecule has 2 heterocycles. The number of nitrogens with zero attached hydrogens (tertiary/aromatic N) is 2. The van der Waals surface area contributed by atoms with Crippen molar-refractivity contribution in [3.05, 3.63) is 106 Å². The van der Waals surface area contributed by atoms with Gasteiger partial charge in [0, 0.05) is 20.9 Å². The zero-order chi connectivity index (χ0) is 25.1. The van der Waals surface area contributed by atoms with Crippen LogP contribution in [0, 0.1) is 13.8 Å². The highest BCUT2D eigenvalue weighted by Gasteiger charge is 2.20. The summed E-state index contributed by atoms with van der Waals surface area (Å²) in [7, 11) is 0. The molecule has 0 aliphatic carbocycles. The maximum atomic E-state index is 13.2. The Morgan fingerprint density at radius 1 is 0.583 bits per heavy atom. The molecule has 0 saturated heterocycles. The summed E-state index contributed by atoms with van der Waals surface area (Å²) in [5.41, 5.74) is 4.16. The van der Waals surface area contributed by atoms with Crippen LogP contribution in [0.4, 0.5) is 10.3 Å². The highest BCUT2D eigenvalue weighted by Crippen LogP contribution is 2.32. The molecular formula is C28H22N4O2S2. The van der Waals surface area contributed by atoms with Gasteiger partial charge in [-0.25, -0.2) is 9.97 Å². The van der Waals surface area contributed by atoms with E-state index in [4.69, 9.17) is 0 Å². The number of aromatic nitrogens is 2. The van der Waals surface area contributed by atoms with Crippen LogP contribution < -0.4 is 10.6 Å². The van der Waals surface area contributed by atoms with Crippen molar-refractivity contribution in [3.8, 4) is 22.5 Å². The molecule has 178 valence electrons. The molecule has 36 heavy (non-hydrogen) atoms. The highest BCUT2D eigenvalue weighted by atomic mass is 32.1. The zero-order valence-corrected chi connectivity index (χ0v) is 21.2. The second-order valence-electron chi connectivity index (χ2n) is 8.03. The lowest BCUT2D eigenvalue weighted by atomic mass is 10.1. The number of carbonyl (C=O) groups excluding carboxylic acids is 2. The zero-order valence-electron chi connectivity index (χ0n) is 19.6. The van der Waals surface area contributed by atoms with Gasteiger partial charge in [0.25, 0.3) is 11.8 Å². The van der Waals surface area contributed by atoms with Gasteiger partial charge in [-0.2, -0.15) is 0 Å². The minimum atomic E-state index is -0.394. The van der Waals surface area contributed by atoms with E-state index in [-0.39, 0.29) is 11.1 Å². The molecule has 0 bridgehead atoms. The summed E-state index contributed by atoms with van der Waals surface area (Å²) < 4.78 is 0. The maximum Gasteiger partial charge on any atom is 0.258 e. The number of hydrogen-bond donors (Lipinski definition) is 2. The van der Waals surface area contributed by atoms with Crippen LogP contribution >= 0.6 is 22.7 Å². The number of amides is 2. The summed E-state index contributed by atoms with van der Waals surface area (Å²) in [6.07, 6.45) is 0. The third kappa shape index (κ3) is 4.95. The minimum Gasteiger partial charge on any atom is -0.298 e. The summed E-state index contributed by atoms with van der Waals surface area (Å²) in [4.78, 5) is 37.5. The molecule has 6 nitrogen and oxygen atoms in total. The summed E-state index contributed by atoms with van der Waals surface area (Å²) in [5.74, 6) is -0.788. The minimum absolute atomic E-state index is 0.265.